The van der Waals surface area contributed by atoms with Crippen LogP contribution in [0, 0.1) is 40.9 Å². The van der Waals surface area contributed by atoms with Gasteiger partial charge in [0.2, 0.25) is 0 Å². The fourth-order valence-corrected chi connectivity index (χ4v) is 7.02. The van der Waals surface area contributed by atoms with E-state index in [1.807, 2.05) is 0 Å². The zero-order valence-electron chi connectivity index (χ0n) is 16.1. The second kappa shape index (κ2) is 5.86. The molecule has 136 valence electrons. The molecular weight excluding hydrogens is 300 g/mol. The van der Waals surface area contributed by atoms with Crippen molar-refractivity contribution in [3.05, 3.63) is 12.3 Å². The van der Waals surface area contributed by atoms with Crippen LogP contribution in [0.25, 0.3) is 0 Å². The predicted molar refractivity (Wildman–Crippen MR) is 95.6 cm³/mol. The van der Waals surface area contributed by atoms with Crippen molar-refractivity contribution in [2.24, 2.45) is 40.9 Å². The Balaban J connectivity index is 2.12. The molecule has 0 radical (unpaired) electrons. The summed E-state index contributed by atoms with van der Waals surface area (Å²) in [5.41, 5.74) is -0.637. The Labute approximate surface area is 146 Å². The highest BCUT2D eigenvalue weighted by Gasteiger charge is 2.74. The molecule has 3 nitrogen and oxygen atoms in total. The number of aliphatic hydroxyl groups is 1. The Morgan fingerprint density at radius 2 is 2.00 bits per heavy atom. The van der Waals surface area contributed by atoms with E-state index < -0.39 is 5.41 Å². The van der Waals surface area contributed by atoms with E-state index in [2.05, 4.69) is 41.5 Å². The van der Waals surface area contributed by atoms with Crippen LogP contribution in [0.3, 0.4) is 0 Å². The van der Waals surface area contributed by atoms with E-state index in [-0.39, 0.29) is 17.3 Å². The normalized spacial score (nSPS) is 51.8. The smallest absolute Gasteiger partial charge is 0.165 e. The molecule has 9 atom stereocenters. The third-order valence-electron chi connectivity index (χ3n) is 7.73. The largest absolute Gasteiger partial charge is 0.515 e. The molecule has 0 aromatic rings. The lowest BCUT2D eigenvalue weighted by Crippen LogP contribution is -2.60. The van der Waals surface area contributed by atoms with Crippen LogP contribution < -0.4 is 0 Å². The summed E-state index contributed by atoms with van der Waals surface area (Å²) in [5, 5.41) is 9.28. The van der Waals surface area contributed by atoms with Crippen molar-refractivity contribution in [3.63, 3.8) is 0 Å². The number of fused-ring (bicyclic) bond motifs is 3. The number of hydrogen-bond donors (Lipinski definition) is 1. The van der Waals surface area contributed by atoms with Crippen LogP contribution in [0.4, 0.5) is 0 Å². The summed E-state index contributed by atoms with van der Waals surface area (Å²) in [4.78, 5) is 13.2. The standard InChI is InChI=1S/C21H34O3/c1-7-13(3)18-20(5,16(23)8-9-22)17-14(4)10-12(2)11-15(17)19-21(18,6)24-19/h8-9,12-15,17-19,22H,7,10-11H2,1-6H3/b9-8-/t12-,13+,14+,15-,17-,18+,19+,20+,21-/m0/s1. The Kier molecular flexibility index (Phi) is 4.39. The molecule has 1 heterocycles. The van der Waals surface area contributed by atoms with Crippen LogP contribution in [0.5, 0.6) is 0 Å². The monoisotopic (exact) mass is 334 g/mol. The number of hydrogen-bond acceptors (Lipinski definition) is 3. The number of ether oxygens (including phenoxy) is 1. The topological polar surface area (TPSA) is 49.8 Å². The van der Waals surface area contributed by atoms with Gasteiger partial charge in [0.25, 0.3) is 0 Å². The first-order valence-corrected chi connectivity index (χ1v) is 9.74. The molecule has 3 aliphatic rings. The molecule has 0 amide bonds. The van der Waals surface area contributed by atoms with Crippen molar-refractivity contribution in [1.29, 1.82) is 0 Å². The van der Waals surface area contributed by atoms with E-state index in [1.165, 1.54) is 12.5 Å². The van der Waals surface area contributed by atoms with Crippen molar-refractivity contribution in [2.45, 2.75) is 72.5 Å². The minimum absolute atomic E-state index is 0.0851. The fourth-order valence-electron chi connectivity index (χ4n) is 7.02. The molecule has 2 aliphatic carbocycles. The highest BCUT2D eigenvalue weighted by atomic mass is 16.6. The highest BCUT2D eigenvalue weighted by molar-refractivity contribution is 5.95. The quantitative estimate of drug-likeness (QED) is 0.458. The summed E-state index contributed by atoms with van der Waals surface area (Å²) in [6.45, 7) is 13.5. The second-order valence-electron chi connectivity index (χ2n) is 9.29. The van der Waals surface area contributed by atoms with Crippen molar-refractivity contribution >= 4 is 5.78 Å². The summed E-state index contributed by atoms with van der Waals surface area (Å²) in [6, 6.07) is 0. The van der Waals surface area contributed by atoms with Crippen LogP contribution >= 0.6 is 0 Å². The van der Waals surface area contributed by atoms with Crippen molar-refractivity contribution < 1.29 is 14.6 Å². The lowest BCUT2D eigenvalue weighted by Gasteiger charge is -2.56. The van der Waals surface area contributed by atoms with Crippen LogP contribution in [-0.2, 0) is 9.53 Å². The van der Waals surface area contributed by atoms with Crippen LogP contribution in [0.2, 0.25) is 0 Å². The van der Waals surface area contributed by atoms with Gasteiger partial charge in [-0.15, -0.1) is 0 Å². The molecular formula is C21H34O3. The fraction of sp³-hybridized carbons (Fsp3) is 0.857. The molecule has 1 N–H and O–H groups in total. The summed E-state index contributed by atoms with van der Waals surface area (Å²) < 4.78 is 6.35. The first-order valence-electron chi connectivity index (χ1n) is 9.74. The van der Waals surface area contributed by atoms with E-state index >= 15 is 0 Å². The van der Waals surface area contributed by atoms with Gasteiger partial charge in [-0.1, -0.05) is 41.0 Å². The maximum atomic E-state index is 13.2. The average molecular weight is 335 g/mol. The molecule has 0 bridgehead atoms. The third kappa shape index (κ3) is 2.30. The van der Waals surface area contributed by atoms with Gasteiger partial charge in [-0.3, -0.25) is 4.79 Å². The van der Waals surface area contributed by atoms with Gasteiger partial charge in [-0.05, 0) is 49.4 Å². The summed E-state index contributed by atoms with van der Waals surface area (Å²) in [5.74, 6) is 2.74. The molecule has 3 fully saturated rings. The molecule has 1 saturated heterocycles. The first-order chi connectivity index (χ1) is 11.2. The van der Waals surface area contributed by atoms with Gasteiger partial charge in [0, 0.05) is 17.4 Å². The van der Waals surface area contributed by atoms with Crippen molar-refractivity contribution in [2.75, 3.05) is 0 Å². The van der Waals surface area contributed by atoms with Crippen LogP contribution in [-0.4, -0.2) is 22.6 Å². The first kappa shape index (κ1) is 18.0. The van der Waals surface area contributed by atoms with Gasteiger partial charge in [0.05, 0.1) is 18.0 Å². The molecule has 3 heteroatoms. The predicted octanol–water partition coefficient (Wildman–Crippen LogP) is 4.77. The van der Waals surface area contributed by atoms with E-state index in [4.69, 9.17) is 4.74 Å². The van der Waals surface area contributed by atoms with Crippen molar-refractivity contribution in [3.8, 4) is 0 Å². The summed E-state index contributed by atoms with van der Waals surface area (Å²) in [7, 11) is 0. The number of carbonyl (C=O) groups excluding carboxylic acids is 1. The van der Waals surface area contributed by atoms with Crippen LogP contribution in [0.1, 0.15) is 60.8 Å². The zero-order chi connectivity index (χ0) is 17.9. The Morgan fingerprint density at radius 1 is 1.33 bits per heavy atom. The molecule has 24 heavy (non-hydrogen) atoms. The van der Waals surface area contributed by atoms with Crippen molar-refractivity contribution in [1.82, 2.24) is 0 Å². The van der Waals surface area contributed by atoms with Gasteiger partial charge in [0.1, 0.15) is 0 Å². The minimum atomic E-state index is -0.458. The number of epoxide rings is 1. The average Bonchev–Trinajstić information content (AvgIpc) is 3.18. The second-order valence-corrected chi connectivity index (χ2v) is 9.29. The molecule has 0 unspecified atom stereocenters. The molecule has 0 aromatic heterocycles. The number of rotatable bonds is 4. The summed E-state index contributed by atoms with van der Waals surface area (Å²) >= 11 is 0. The number of ketones is 1. The SMILES string of the molecule is CC[C@@H](C)[C@H]1[C@]2(C)O[C@@H]2[C@H]2C[C@@H](C)C[C@@H](C)[C@@H]2[C@@]1(C)C(=O)/C=C\O. The zero-order valence-corrected chi connectivity index (χ0v) is 16.1. The van der Waals surface area contributed by atoms with E-state index in [0.717, 1.165) is 19.1 Å². The Bertz CT molecular complexity index is 541. The van der Waals surface area contributed by atoms with Gasteiger partial charge < -0.3 is 9.84 Å². The number of aliphatic hydroxyl groups excluding tert-OH is 1. The molecule has 0 spiro atoms. The molecule has 1 aliphatic heterocycles. The van der Waals surface area contributed by atoms with E-state index in [0.29, 0.717) is 35.7 Å². The Morgan fingerprint density at radius 3 is 2.58 bits per heavy atom. The van der Waals surface area contributed by atoms with Gasteiger partial charge in [-0.25, -0.2) is 0 Å². The van der Waals surface area contributed by atoms with E-state index in [1.54, 1.807) is 0 Å². The Hall–Kier alpha value is -0.830. The molecule has 3 rings (SSSR count). The summed E-state index contributed by atoms with van der Waals surface area (Å²) in [6.07, 6.45) is 6.02. The number of carbonyl (C=O) groups is 1. The lowest BCUT2D eigenvalue weighted by atomic mass is 9.44. The van der Waals surface area contributed by atoms with Gasteiger partial charge in [0.15, 0.2) is 5.78 Å². The highest BCUT2D eigenvalue weighted by Crippen LogP contribution is 2.69. The maximum absolute atomic E-state index is 13.2. The molecule has 0 aromatic carbocycles. The van der Waals surface area contributed by atoms with Crippen LogP contribution in [0.15, 0.2) is 12.3 Å². The lowest BCUT2D eigenvalue weighted by molar-refractivity contribution is -0.146. The maximum Gasteiger partial charge on any atom is 0.165 e. The van der Waals surface area contributed by atoms with E-state index in [9.17, 15) is 9.90 Å². The third-order valence-corrected chi connectivity index (χ3v) is 7.73. The van der Waals surface area contributed by atoms with Gasteiger partial charge in [-0.2, -0.15) is 0 Å². The number of allylic oxidation sites excluding steroid dienone is 1. The van der Waals surface area contributed by atoms with Gasteiger partial charge >= 0.3 is 0 Å². The minimum Gasteiger partial charge on any atom is -0.515 e. The molecule has 2 saturated carbocycles.